The van der Waals surface area contributed by atoms with Crippen LogP contribution in [0.15, 0.2) is 22.7 Å². The number of carbonyl (C=O) groups excluding carboxylic acids is 1. The molecule has 2 aliphatic heterocycles. The first-order valence-electron chi connectivity index (χ1n) is 11.9. The molecule has 0 saturated carbocycles. The molecule has 0 atom stereocenters. The first-order valence-corrected chi connectivity index (χ1v) is 14.5. The summed E-state index contributed by atoms with van der Waals surface area (Å²) < 4.78 is 38.1. The highest BCUT2D eigenvalue weighted by molar-refractivity contribution is 9.10. The minimum Gasteiger partial charge on any atom is -0.489 e. The fraction of sp³-hybridized carbons (Fsp3) is 0.625. The van der Waals surface area contributed by atoms with Crippen molar-refractivity contribution in [2.75, 3.05) is 51.4 Å². The van der Waals surface area contributed by atoms with Crippen molar-refractivity contribution in [1.82, 2.24) is 14.4 Å². The maximum Gasteiger partial charge on any atom is 0.270 e. The van der Waals surface area contributed by atoms with Crippen LogP contribution < -0.4 is 4.74 Å². The van der Waals surface area contributed by atoms with Crippen molar-refractivity contribution in [3.63, 3.8) is 0 Å². The Labute approximate surface area is 210 Å². The molecule has 0 bridgehead atoms. The number of benzene rings is 1. The van der Waals surface area contributed by atoms with Gasteiger partial charge in [-0.15, -0.1) is 0 Å². The highest BCUT2D eigenvalue weighted by Crippen LogP contribution is 2.34. The second-order valence-corrected chi connectivity index (χ2v) is 12.6. The van der Waals surface area contributed by atoms with Crippen LogP contribution in [0.1, 0.15) is 37.2 Å². The van der Waals surface area contributed by atoms with Gasteiger partial charge in [0.25, 0.3) is 5.91 Å². The number of carbonyl (C=O) groups is 1. The molecule has 1 amide bonds. The quantitative estimate of drug-likeness (QED) is 0.522. The molecule has 34 heavy (non-hydrogen) atoms. The molecule has 188 valence electrons. The number of hydrogen-bond donors (Lipinski definition) is 0. The number of piperidine rings is 1. The number of amides is 1. The fourth-order valence-electron chi connectivity index (χ4n) is 4.72. The summed E-state index contributed by atoms with van der Waals surface area (Å²) in [5.41, 5.74) is 1.46. The van der Waals surface area contributed by atoms with E-state index in [2.05, 4.69) is 34.7 Å². The summed E-state index contributed by atoms with van der Waals surface area (Å²) in [7, 11) is -1.43. The molecule has 2 aromatic rings. The Morgan fingerprint density at radius 3 is 2.41 bits per heavy atom. The third-order valence-electron chi connectivity index (χ3n) is 6.83. The number of rotatable bonds is 7. The van der Waals surface area contributed by atoms with Gasteiger partial charge in [-0.2, -0.15) is 0 Å². The number of ether oxygens (including phenoxy) is 2. The van der Waals surface area contributed by atoms with Gasteiger partial charge in [0.1, 0.15) is 17.5 Å². The SMILES string of the molecule is COCCn1c(C(=O)N2CCS(=O)(=O)CC2)cc2cc(OC3CCN(C(C)C)CC3)c(Br)cc21. The predicted molar refractivity (Wildman–Crippen MR) is 136 cm³/mol. The number of methoxy groups -OCH3 is 1. The van der Waals surface area contributed by atoms with Gasteiger partial charge in [-0.1, -0.05) is 0 Å². The van der Waals surface area contributed by atoms with Crippen LogP contribution in [0.3, 0.4) is 0 Å². The largest absolute Gasteiger partial charge is 0.489 e. The molecule has 3 heterocycles. The van der Waals surface area contributed by atoms with Crippen LogP contribution in [0.2, 0.25) is 0 Å². The molecule has 10 heteroatoms. The van der Waals surface area contributed by atoms with E-state index in [0.717, 1.165) is 47.1 Å². The Morgan fingerprint density at radius 2 is 1.79 bits per heavy atom. The first-order chi connectivity index (χ1) is 16.2. The Hall–Kier alpha value is -1.62. The number of fused-ring (bicyclic) bond motifs is 1. The number of nitrogens with zero attached hydrogens (tertiary/aromatic N) is 3. The predicted octanol–water partition coefficient (Wildman–Crippen LogP) is 3.17. The molecule has 1 aromatic heterocycles. The minimum atomic E-state index is -3.06. The summed E-state index contributed by atoms with van der Waals surface area (Å²) in [6.45, 7) is 7.93. The summed E-state index contributed by atoms with van der Waals surface area (Å²) in [5.74, 6) is 0.649. The number of halogens is 1. The molecule has 2 fully saturated rings. The van der Waals surface area contributed by atoms with Gasteiger partial charge < -0.3 is 23.8 Å². The van der Waals surface area contributed by atoms with Crippen LogP contribution in [0.4, 0.5) is 0 Å². The monoisotopic (exact) mass is 555 g/mol. The maximum absolute atomic E-state index is 13.4. The van der Waals surface area contributed by atoms with Gasteiger partial charge in [0.05, 0.1) is 28.1 Å². The molecular formula is C24H34BrN3O5S. The average Bonchev–Trinajstić information content (AvgIpc) is 3.15. The fourth-order valence-corrected chi connectivity index (χ4v) is 6.35. The molecule has 0 aliphatic carbocycles. The van der Waals surface area contributed by atoms with Gasteiger partial charge in [0, 0.05) is 51.3 Å². The standard InChI is InChI=1S/C24H34BrN3O5S/c1-17(2)26-6-4-19(5-7-26)33-23-15-18-14-22(24(29)27-9-12-34(30,31)13-10-27)28(8-11-32-3)21(18)16-20(23)25/h14-17,19H,4-13H2,1-3H3. The zero-order valence-corrected chi connectivity index (χ0v) is 22.5. The van der Waals surface area contributed by atoms with Gasteiger partial charge in [0.15, 0.2) is 9.84 Å². The summed E-state index contributed by atoms with van der Waals surface area (Å²) in [5, 5.41) is 0.918. The van der Waals surface area contributed by atoms with Crippen molar-refractivity contribution in [2.24, 2.45) is 0 Å². The third kappa shape index (κ3) is 5.61. The van der Waals surface area contributed by atoms with Crippen LogP contribution >= 0.6 is 15.9 Å². The molecule has 4 rings (SSSR count). The van der Waals surface area contributed by atoms with Crippen molar-refractivity contribution in [1.29, 1.82) is 0 Å². The van der Waals surface area contributed by atoms with Gasteiger partial charge >= 0.3 is 0 Å². The topological polar surface area (TPSA) is 81.1 Å². The number of sulfone groups is 1. The molecule has 2 saturated heterocycles. The Morgan fingerprint density at radius 1 is 1.12 bits per heavy atom. The number of hydrogen-bond acceptors (Lipinski definition) is 6. The second kappa shape index (κ2) is 10.6. The zero-order valence-electron chi connectivity index (χ0n) is 20.1. The average molecular weight is 557 g/mol. The normalized spacial score (nSPS) is 19.7. The molecule has 0 unspecified atom stereocenters. The highest BCUT2D eigenvalue weighted by Gasteiger charge is 2.29. The highest BCUT2D eigenvalue weighted by atomic mass is 79.9. The van der Waals surface area contributed by atoms with E-state index < -0.39 is 9.84 Å². The number of aromatic nitrogens is 1. The number of likely N-dealkylation sites (tertiary alicyclic amines) is 1. The van der Waals surface area contributed by atoms with Crippen molar-refractivity contribution in [2.45, 2.75) is 45.4 Å². The van der Waals surface area contributed by atoms with Crippen LogP contribution in [-0.2, 0) is 21.1 Å². The summed E-state index contributed by atoms with van der Waals surface area (Å²) in [6.07, 6.45) is 2.13. The van der Waals surface area contributed by atoms with E-state index in [1.807, 2.05) is 22.8 Å². The minimum absolute atomic E-state index is 0.0101. The van der Waals surface area contributed by atoms with Crippen LogP contribution in [-0.4, -0.2) is 92.2 Å². The van der Waals surface area contributed by atoms with Crippen LogP contribution in [0.5, 0.6) is 5.75 Å². The first kappa shape index (κ1) is 25.5. The molecule has 8 nitrogen and oxygen atoms in total. The van der Waals surface area contributed by atoms with E-state index in [0.29, 0.717) is 24.9 Å². The molecule has 1 aromatic carbocycles. The summed E-state index contributed by atoms with van der Waals surface area (Å²) in [6, 6.07) is 6.43. The van der Waals surface area contributed by atoms with Crippen molar-refractivity contribution >= 4 is 42.6 Å². The lowest BCUT2D eigenvalue weighted by molar-refractivity contribution is 0.0757. The Kier molecular flexibility index (Phi) is 7.91. The Balaban J connectivity index is 1.59. The molecular weight excluding hydrogens is 522 g/mol. The molecule has 0 spiro atoms. The molecule has 0 N–H and O–H groups in total. The second-order valence-electron chi connectivity index (χ2n) is 9.41. The van der Waals surface area contributed by atoms with Gasteiger partial charge in [0.2, 0.25) is 0 Å². The van der Waals surface area contributed by atoms with E-state index in [4.69, 9.17) is 9.47 Å². The summed E-state index contributed by atoms with van der Waals surface area (Å²) in [4.78, 5) is 17.5. The Bertz CT molecular complexity index is 1130. The van der Waals surface area contributed by atoms with Crippen molar-refractivity contribution < 1.29 is 22.7 Å². The lowest BCUT2D eigenvalue weighted by Crippen LogP contribution is -2.44. The zero-order chi connectivity index (χ0) is 24.5. The van der Waals surface area contributed by atoms with Gasteiger partial charge in [-0.25, -0.2) is 8.42 Å². The van der Waals surface area contributed by atoms with Gasteiger partial charge in [-0.3, -0.25) is 4.79 Å². The van der Waals surface area contributed by atoms with Crippen molar-refractivity contribution in [3.05, 3.63) is 28.4 Å². The lowest BCUT2D eigenvalue weighted by atomic mass is 10.1. The van der Waals surface area contributed by atoms with Crippen LogP contribution in [0, 0.1) is 0 Å². The van der Waals surface area contributed by atoms with E-state index in [1.165, 1.54) is 0 Å². The molecule has 0 radical (unpaired) electrons. The smallest absolute Gasteiger partial charge is 0.270 e. The third-order valence-corrected chi connectivity index (χ3v) is 9.05. The lowest BCUT2D eigenvalue weighted by Gasteiger charge is -2.34. The van der Waals surface area contributed by atoms with E-state index in [9.17, 15) is 13.2 Å². The van der Waals surface area contributed by atoms with Gasteiger partial charge in [-0.05, 0) is 60.8 Å². The van der Waals surface area contributed by atoms with Crippen LogP contribution in [0.25, 0.3) is 10.9 Å². The van der Waals surface area contributed by atoms with E-state index >= 15 is 0 Å². The molecule has 2 aliphatic rings. The van der Waals surface area contributed by atoms with Crippen molar-refractivity contribution in [3.8, 4) is 5.75 Å². The maximum atomic E-state index is 13.4. The van der Waals surface area contributed by atoms with E-state index in [-0.39, 0.29) is 36.6 Å². The summed E-state index contributed by atoms with van der Waals surface area (Å²) >= 11 is 3.68. The van der Waals surface area contributed by atoms with E-state index in [1.54, 1.807) is 12.0 Å².